The molecule has 2 heterocycles. The van der Waals surface area contributed by atoms with E-state index >= 15 is 0 Å². The first kappa shape index (κ1) is 10.2. The minimum absolute atomic E-state index is 0.109. The molecule has 1 saturated heterocycles. The van der Waals surface area contributed by atoms with E-state index in [4.69, 9.17) is 4.74 Å². The summed E-state index contributed by atoms with van der Waals surface area (Å²) in [5.41, 5.74) is 1.84. The molecule has 2 fully saturated rings. The van der Waals surface area contributed by atoms with E-state index in [1.165, 1.54) is 0 Å². The highest BCUT2D eigenvalue weighted by atomic mass is 16.6. The lowest BCUT2D eigenvalue weighted by Gasteiger charge is -1.99. The maximum atomic E-state index is 11.9. The summed E-state index contributed by atoms with van der Waals surface area (Å²) in [4.78, 5) is 16.4. The Morgan fingerprint density at radius 1 is 1.17 bits per heavy atom. The molecular formula is C15H13NO2. The lowest BCUT2D eigenvalue weighted by atomic mass is 10.1. The summed E-state index contributed by atoms with van der Waals surface area (Å²) < 4.78 is 5.50. The maximum Gasteiger partial charge on any atom is 0.167 e. The number of carbonyl (C=O) groups is 1. The number of hydrogen-bond donors (Lipinski definition) is 0. The number of pyridine rings is 1. The fraction of sp³-hybridized carbons (Fsp3) is 0.333. The molecule has 1 aromatic carbocycles. The SMILES string of the molecule is O=C(C1CC1)[C@H]1O[C@@H]1c1ccc2ccccc2n1. The number of nitrogens with zero attached hydrogens (tertiary/aromatic N) is 1. The highest BCUT2D eigenvalue weighted by Crippen LogP contribution is 2.44. The Labute approximate surface area is 105 Å². The van der Waals surface area contributed by atoms with Crippen LogP contribution in [0.1, 0.15) is 24.6 Å². The van der Waals surface area contributed by atoms with Crippen molar-refractivity contribution in [1.29, 1.82) is 0 Å². The first-order chi connectivity index (χ1) is 8.83. The predicted molar refractivity (Wildman–Crippen MR) is 67.1 cm³/mol. The minimum Gasteiger partial charge on any atom is -0.354 e. The molecule has 2 aromatic rings. The molecule has 0 unspecified atom stereocenters. The van der Waals surface area contributed by atoms with Gasteiger partial charge in [0.05, 0.1) is 11.2 Å². The molecular weight excluding hydrogens is 226 g/mol. The number of para-hydroxylation sites is 1. The van der Waals surface area contributed by atoms with Crippen molar-refractivity contribution in [3.05, 3.63) is 42.1 Å². The van der Waals surface area contributed by atoms with Crippen LogP contribution in [-0.4, -0.2) is 16.9 Å². The Bertz CT molecular complexity index is 633. The molecule has 2 aliphatic rings. The highest BCUT2D eigenvalue weighted by Gasteiger charge is 2.51. The van der Waals surface area contributed by atoms with E-state index in [-0.39, 0.29) is 23.9 Å². The van der Waals surface area contributed by atoms with Gasteiger partial charge in [0.15, 0.2) is 5.78 Å². The zero-order chi connectivity index (χ0) is 12.1. The number of epoxide rings is 1. The van der Waals surface area contributed by atoms with Crippen LogP contribution < -0.4 is 0 Å². The van der Waals surface area contributed by atoms with E-state index in [0.29, 0.717) is 0 Å². The van der Waals surface area contributed by atoms with Gasteiger partial charge in [-0.25, -0.2) is 4.98 Å². The molecule has 1 saturated carbocycles. The molecule has 3 nitrogen and oxygen atoms in total. The van der Waals surface area contributed by atoms with Crippen molar-refractivity contribution in [1.82, 2.24) is 4.98 Å². The van der Waals surface area contributed by atoms with E-state index in [0.717, 1.165) is 29.4 Å². The van der Waals surface area contributed by atoms with Crippen molar-refractivity contribution in [2.75, 3.05) is 0 Å². The van der Waals surface area contributed by atoms with Crippen LogP contribution in [0.5, 0.6) is 0 Å². The largest absolute Gasteiger partial charge is 0.354 e. The maximum absolute atomic E-state index is 11.9. The molecule has 0 spiro atoms. The number of rotatable bonds is 3. The summed E-state index contributed by atoms with van der Waals surface area (Å²) in [7, 11) is 0. The third kappa shape index (κ3) is 1.63. The van der Waals surface area contributed by atoms with Crippen molar-refractivity contribution in [2.45, 2.75) is 25.0 Å². The van der Waals surface area contributed by atoms with Crippen molar-refractivity contribution < 1.29 is 9.53 Å². The predicted octanol–water partition coefficient (Wildman–Crippen LogP) is 2.65. The summed E-state index contributed by atoms with van der Waals surface area (Å²) in [6, 6.07) is 12.0. The van der Waals surface area contributed by atoms with Crippen LogP contribution in [0.2, 0.25) is 0 Å². The fourth-order valence-electron chi connectivity index (χ4n) is 2.39. The highest BCUT2D eigenvalue weighted by molar-refractivity contribution is 5.90. The van der Waals surface area contributed by atoms with Gasteiger partial charge in [0.2, 0.25) is 0 Å². The molecule has 0 bridgehead atoms. The van der Waals surface area contributed by atoms with Crippen LogP contribution >= 0.6 is 0 Å². The number of aromatic nitrogens is 1. The zero-order valence-electron chi connectivity index (χ0n) is 9.87. The van der Waals surface area contributed by atoms with Crippen LogP contribution in [0.3, 0.4) is 0 Å². The number of Topliss-reactive ketones (excluding diaryl/α,β-unsaturated/α-hetero) is 1. The number of benzene rings is 1. The normalized spacial score (nSPS) is 26.2. The molecule has 3 heteroatoms. The monoisotopic (exact) mass is 239 g/mol. The molecule has 4 rings (SSSR count). The Morgan fingerprint density at radius 3 is 2.83 bits per heavy atom. The second kappa shape index (κ2) is 3.62. The quantitative estimate of drug-likeness (QED) is 0.773. The van der Waals surface area contributed by atoms with Gasteiger partial charge in [-0.1, -0.05) is 24.3 Å². The van der Waals surface area contributed by atoms with Gasteiger partial charge >= 0.3 is 0 Å². The summed E-state index contributed by atoms with van der Waals surface area (Å²) in [5.74, 6) is 0.537. The van der Waals surface area contributed by atoms with Crippen LogP contribution in [0.15, 0.2) is 36.4 Å². The molecule has 1 aromatic heterocycles. The van der Waals surface area contributed by atoms with E-state index in [2.05, 4.69) is 4.98 Å². The lowest BCUT2D eigenvalue weighted by molar-refractivity contribution is -0.121. The Hall–Kier alpha value is -1.74. The number of carbonyl (C=O) groups excluding carboxylic acids is 1. The second-order valence-corrected chi connectivity index (χ2v) is 5.08. The third-order valence-corrected chi connectivity index (χ3v) is 3.66. The summed E-state index contributed by atoms with van der Waals surface area (Å²) in [6.07, 6.45) is 1.74. The molecule has 0 radical (unpaired) electrons. The molecule has 1 aliphatic carbocycles. The van der Waals surface area contributed by atoms with E-state index in [9.17, 15) is 4.79 Å². The van der Waals surface area contributed by atoms with Gasteiger partial charge in [0.25, 0.3) is 0 Å². The van der Waals surface area contributed by atoms with Crippen molar-refractivity contribution in [3.63, 3.8) is 0 Å². The average Bonchev–Trinajstić information content (AvgIpc) is 3.30. The first-order valence-electron chi connectivity index (χ1n) is 6.38. The van der Waals surface area contributed by atoms with Crippen LogP contribution in [0.4, 0.5) is 0 Å². The van der Waals surface area contributed by atoms with Crippen LogP contribution in [0.25, 0.3) is 10.9 Å². The van der Waals surface area contributed by atoms with Gasteiger partial charge < -0.3 is 4.74 Å². The minimum atomic E-state index is -0.230. The average molecular weight is 239 g/mol. The first-order valence-corrected chi connectivity index (χ1v) is 6.38. The summed E-state index contributed by atoms with van der Waals surface area (Å²) in [6.45, 7) is 0. The van der Waals surface area contributed by atoms with E-state index < -0.39 is 0 Å². The molecule has 0 amide bonds. The Kier molecular flexibility index (Phi) is 2.06. The molecule has 90 valence electrons. The zero-order valence-corrected chi connectivity index (χ0v) is 9.87. The Morgan fingerprint density at radius 2 is 2.00 bits per heavy atom. The van der Waals surface area contributed by atoms with Gasteiger partial charge in [-0.15, -0.1) is 0 Å². The van der Waals surface area contributed by atoms with Crippen LogP contribution in [0, 0.1) is 5.92 Å². The topological polar surface area (TPSA) is 42.5 Å². The van der Waals surface area contributed by atoms with E-state index in [1.807, 2.05) is 36.4 Å². The van der Waals surface area contributed by atoms with Gasteiger partial charge in [-0.2, -0.15) is 0 Å². The molecule has 18 heavy (non-hydrogen) atoms. The van der Waals surface area contributed by atoms with Crippen LogP contribution in [-0.2, 0) is 9.53 Å². The van der Waals surface area contributed by atoms with Crippen molar-refractivity contribution in [2.24, 2.45) is 5.92 Å². The standard InChI is InChI=1S/C15H13NO2/c17-13(10-5-6-10)15-14(18-15)12-8-7-9-3-1-2-4-11(9)16-12/h1-4,7-8,10,14-15H,5-6H2/t14-,15-/m1/s1. The van der Waals surface area contributed by atoms with Gasteiger partial charge in [0, 0.05) is 11.3 Å². The van der Waals surface area contributed by atoms with Crippen molar-refractivity contribution >= 4 is 16.7 Å². The van der Waals surface area contributed by atoms with Gasteiger partial charge in [-0.05, 0) is 25.0 Å². The molecule has 2 atom stereocenters. The van der Waals surface area contributed by atoms with E-state index in [1.54, 1.807) is 0 Å². The van der Waals surface area contributed by atoms with Gasteiger partial charge in [-0.3, -0.25) is 4.79 Å². The second-order valence-electron chi connectivity index (χ2n) is 5.08. The lowest BCUT2D eigenvalue weighted by Crippen LogP contribution is -2.09. The number of fused-ring (bicyclic) bond motifs is 1. The Balaban J connectivity index is 1.62. The third-order valence-electron chi connectivity index (χ3n) is 3.66. The summed E-state index contributed by atoms with van der Waals surface area (Å²) in [5, 5.41) is 1.12. The fourth-order valence-corrected chi connectivity index (χ4v) is 2.39. The van der Waals surface area contributed by atoms with Gasteiger partial charge in [0.1, 0.15) is 12.2 Å². The number of ketones is 1. The molecule has 0 N–H and O–H groups in total. The molecule has 1 aliphatic heterocycles. The summed E-state index contributed by atoms with van der Waals surface area (Å²) >= 11 is 0. The number of hydrogen-bond acceptors (Lipinski definition) is 3. The smallest absolute Gasteiger partial charge is 0.167 e. The number of ether oxygens (including phenoxy) is 1. The van der Waals surface area contributed by atoms with Crippen molar-refractivity contribution in [3.8, 4) is 0 Å².